The molecule has 1 heterocycles. The predicted octanol–water partition coefficient (Wildman–Crippen LogP) is 2.23. The van der Waals surface area contributed by atoms with Gasteiger partial charge in [-0.3, -0.25) is 0 Å². The molecule has 0 spiro atoms. The van der Waals surface area contributed by atoms with Gasteiger partial charge in [-0.25, -0.2) is 4.98 Å². The molecule has 2 heteroatoms. The summed E-state index contributed by atoms with van der Waals surface area (Å²) in [4.78, 5) is 6.50. The Kier molecular flexibility index (Phi) is 2.69. The van der Waals surface area contributed by atoms with Crippen LogP contribution < -0.4 is 4.90 Å². The molecule has 0 aliphatic heterocycles. The van der Waals surface area contributed by atoms with Crippen molar-refractivity contribution in [3.8, 4) is 0 Å². The Morgan fingerprint density at radius 1 is 1.42 bits per heavy atom. The summed E-state index contributed by atoms with van der Waals surface area (Å²) in [5, 5.41) is 0. The lowest BCUT2D eigenvalue weighted by Crippen LogP contribution is -2.27. The maximum Gasteiger partial charge on any atom is 0.131 e. The van der Waals surface area contributed by atoms with Crippen LogP contribution in [0.5, 0.6) is 0 Å². The normalized spacial score (nSPS) is 10.4. The van der Waals surface area contributed by atoms with E-state index in [2.05, 4.69) is 43.8 Å². The van der Waals surface area contributed by atoms with E-state index in [1.165, 1.54) is 5.56 Å². The number of pyridine rings is 1. The highest BCUT2D eigenvalue weighted by Crippen LogP contribution is 2.15. The van der Waals surface area contributed by atoms with Gasteiger partial charge in [0.05, 0.1) is 0 Å². The summed E-state index contributed by atoms with van der Waals surface area (Å²) >= 11 is 0. The molecular formula is C10H16N2. The van der Waals surface area contributed by atoms with E-state index >= 15 is 0 Å². The van der Waals surface area contributed by atoms with Gasteiger partial charge in [0.1, 0.15) is 5.82 Å². The second-order valence-corrected chi connectivity index (χ2v) is 3.35. The minimum atomic E-state index is 0.499. The third kappa shape index (κ3) is 1.76. The zero-order valence-corrected chi connectivity index (χ0v) is 8.20. The average molecular weight is 164 g/mol. The van der Waals surface area contributed by atoms with E-state index in [0.29, 0.717) is 6.04 Å². The van der Waals surface area contributed by atoms with Gasteiger partial charge in [-0.2, -0.15) is 0 Å². The largest absolute Gasteiger partial charge is 0.357 e. The number of aryl methyl sites for hydroxylation is 1. The summed E-state index contributed by atoms with van der Waals surface area (Å²) in [5.41, 5.74) is 1.23. The van der Waals surface area contributed by atoms with Gasteiger partial charge < -0.3 is 4.90 Å². The fourth-order valence-corrected chi connectivity index (χ4v) is 1.09. The van der Waals surface area contributed by atoms with Gasteiger partial charge in [0.25, 0.3) is 0 Å². The molecule has 0 aromatic carbocycles. The van der Waals surface area contributed by atoms with E-state index in [1.807, 2.05) is 12.3 Å². The van der Waals surface area contributed by atoms with Crippen LogP contribution in [0.3, 0.4) is 0 Å². The SMILES string of the molecule is Cc1cccnc1N(C)C(C)C. The van der Waals surface area contributed by atoms with Crippen LogP contribution in [-0.2, 0) is 0 Å². The lowest BCUT2D eigenvalue weighted by Gasteiger charge is -2.23. The Balaban J connectivity index is 2.94. The van der Waals surface area contributed by atoms with E-state index in [-0.39, 0.29) is 0 Å². The summed E-state index contributed by atoms with van der Waals surface area (Å²) < 4.78 is 0. The molecule has 66 valence electrons. The monoisotopic (exact) mass is 164 g/mol. The maximum absolute atomic E-state index is 4.33. The molecule has 1 rings (SSSR count). The molecule has 2 nitrogen and oxygen atoms in total. The highest BCUT2D eigenvalue weighted by molar-refractivity contribution is 5.45. The molecule has 0 fully saturated rings. The van der Waals surface area contributed by atoms with E-state index in [1.54, 1.807) is 0 Å². The Morgan fingerprint density at radius 2 is 2.08 bits per heavy atom. The summed E-state index contributed by atoms with van der Waals surface area (Å²) in [7, 11) is 2.07. The molecule has 1 aromatic rings. The van der Waals surface area contributed by atoms with Crippen molar-refractivity contribution in [2.75, 3.05) is 11.9 Å². The van der Waals surface area contributed by atoms with Crippen LogP contribution >= 0.6 is 0 Å². The molecule has 0 aliphatic carbocycles. The first kappa shape index (κ1) is 9.04. The van der Waals surface area contributed by atoms with Crippen LogP contribution in [0, 0.1) is 6.92 Å². The molecule has 12 heavy (non-hydrogen) atoms. The third-order valence-electron chi connectivity index (χ3n) is 2.09. The van der Waals surface area contributed by atoms with Crippen LogP contribution in [0.1, 0.15) is 19.4 Å². The zero-order valence-electron chi connectivity index (χ0n) is 8.20. The molecule has 1 aromatic heterocycles. The van der Waals surface area contributed by atoms with E-state index in [4.69, 9.17) is 0 Å². The highest BCUT2D eigenvalue weighted by atomic mass is 15.2. The van der Waals surface area contributed by atoms with Gasteiger partial charge in [0, 0.05) is 19.3 Å². The average Bonchev–Trinajstić information content (AvgIpc) is 2.04. The van der Waals surface area contributed by atoms with Gasteiger partial charge in [-0.15, -0.1) is 0 Å². The number of hydrogen-bond acceptors (Lipinski definition) is 2. The molecule has 0 unspecified atom stereocenters. The molecule has 0 saturated carbocycles. The first-order chi connectivity index (χ1) is 5.63. The molecule has 0 aliphatic rings. The molecule has 0 atom stereocenters. The fourth-order valence-electron chi connectivity index (χ4n) is 1.09. The molecule has 0 saturated heterocycles. The number of anilines is 1. The predicted molar refractivity (Wildman–Crippen MR) is 52.5 cm³/mol. The quantitative estimate of drug-likeness (QED) is 0.666. The topological polar surface area (TPSA) is 16.1 Å². The van der Waals surface area contributed by atoms with Crippen molar-refractivity contribution in [1.82, 2.24) is 4.98 Å². The van der Waals surface area contributed by atoms with Crippen LogP contribution in [0.15, 0.2) is 18.3 Å². The first-order valence-corrected chi connectivity index (χ1v) is 4.27. The van der Waals surface area contributed by atoms with Crippen molar-refractivity contribution in [3.63, 3.8) is 0 Å². The van der Waals surface area contributed by atoms with Crippen molar-refractivity contribution in [1.29, 1.82) is 0 Å². The van der Waals surface area contributed by atoms with Gasteiger partial charge in [0.15, 0.2) is 0 Å². The third-order valence-corrected chi connectivity index (χ3v) is 2.09. The Morgan fingerprint density at radius 3 is 2.58 bits per heavy atom. The van der Waals surface area contributed by atoms with Crippen molar-refractivity contribution in [3.05, 3.63) is 23.9 Å². The summed E-state index contributed by atoms with van der Waals surface area (Å²) in [6, 6.07) is 4.55. The minimum Gasteiger partial charge on any atom is -0.357 e. The Bertz CT molecular complexity index is 256. The van der Waals surface area contributed by atoms with Crippen molar-refractivity contribution in [2.24, 2.45) is 0 Å². The molecule has 0 radical (unpaired) electrons. The molecule has 0 N–H and O–H groups in total. The van der Waals surface area contributed by atoms with E-state index in [0.717, 1.165) is 5.82 Å². The molecular weight excluding hydrogens is 148 g/mol. The van der Waals surface area contributed by atoms with Crippen LogP contribution in [0.4, 0.5) is 5.82 Å². The maximum atomic E-state index is 4.33. The van der Waals surface area contributed by atoms with Gasteiger partial charge in [-0.1, -0.05) is 6.07 Å². The van der Waals surface area contributed by atoms with Crippen LogP contribution in [0.2, 0.25) is 0 Å². The van der Waals surface area contributed by atoms with Gasteiger partial charge in [0.2, 0.25) is 0 Å². The highest BCUT2D eigenvalue weighted by Gasteiger charge is 2.07. The van der Waals surface area contributed by atoms with E-state index < -0.39 is 0 Å². The number of nitrogens with zero attached hydrogens (tertiary/aromatic N) is 2. The van der Waals surface area contributed by atoms with E-state index in [9.17, 15) is 0 Å². The molecule has 0 bridgehead atoms. The number of rotatable bonds is 2. The lowest BCUT2D eigenvalue weighted by molar-refractivity contribution is 0.740. The van der Waals surface area contributed by atoms with Crippen molar-refractivity contribution >= 4 is 5.82 Å². The lowest BCUT2D eigenvalue weighted by atomic mass is 10.2. The second-order valence-electron chi connectivity index (χ2n) is 3.35. The zero-order chi connectivity index (χ0) is 9.14. The van der Waals surface area contributed by atoms with Crippen LogP contribution in [-0.4, -0.2) is 18.1 Å². The summed E-state index contributed by atoms with van der Waals surface area (Å²) in [6.07, 6.45) is 1.83. The first-order valence-electron chi connectivity index (χ1n) is 4.27. The Labute approximate surface area is 74.2 Å². The minimum absolute atomic E-state index is 0.499. The fraction of sp³-hybridized carbons (Fsp3) is 0.500. The Hall–Kier alpha value is -1.05. The van der Waals surface area contributed by atoms with Crippen molar-refractivity contribution in [2.45, 2.75) is 26.8 Å². The van der Waals surface area contributed by atoms with Gasteiger partial charge in [-0.05, 0) is 32.4 Å². The standard InChI is InChI=1S/C10H16N2/c1-8(2)12(4)10-9(3)6-5-7-11-10/h5-8H,1-4H3. The summed E-state index contributed by atoms with van der Waals surface area (Å²) in [6.45, 7) is 6.41. The van der Waals surface area contributed by atoms with Crippen LogP contribution in [0.25, 0.3) is 0 Å². The van der Waals surface area contributed by atoms with Crippen molar-refractivity contribution < 1.29 is 0 Å². The molecule has 0 amide bonds. The summed E-state index contributed by atoms with van der Waals surface area (Å²) in [5.74, 6) is 1.08. The van der Waals surface area contributed by atoms with Gasteiger partial charge >= 0.3 is 0 Å². The smallest absolute Gasteiger partial charge is 0.131 e. The second kappa shape index (κ2) is 3.57. The number of hydrogen-bond donors (Lipinski definition) is 0. The number of aromatic nitrogens is 1.